The van der Waals surface area contributed by atoms with E-state index >= 15 is 0 Å². The monoisotopic (exact) mass is 315 g/mol. The molecule has 5 nitrogen and oxygen atoms in total. The second kappa shape index (κ2) is 8.80. The number of hydrogen-bond acceptors (Lipinski definition) is 4. The molecule has 23 heavy (non-hydrogen) atoms. The predicted octanol–water partition coefficient (Wildman–Crippen LogP) is 2.65. The van der Waals surface area contributed by atoms with Crippen molar-refractivity contribution in [1.82, 2.24) is 5.32 Å². The molecule has 122 valence electrons. The molecule has 0 atom stereocenters. The van der Waals surface area contributed by atoms with Crippen molar-refractivity contribution in [1.29, 1.82) is 0 Å². The van der Waals surface area contributed by atoms with Crippen LogP contribution in [-0.2, 0) is 11.3 Å². The highest BCUT2D eigenvalue weighted by atomic mass is 16.5. The summed E-state index contributed by atoms with van der Waals surface area (Å²) in [6.07, 6.45) is 0. The van der Waals surface area contributed by atoms with Crippen molar-refractivity contribution in [2.45, 2.75) is 6.61 Å². The van der Waals surface area contributed by atoms with Gasteiger partial charge in [-0.15, -0.1) is 0 Å². The molecule has 1 amide bonds. The highest BCUT2D eigenvalue weighted by molar-refractivity contribution is 5.94. The van der Waals surface area contributed by atoms with Gasteiger partial charge < -0.3 is 19.5 Å². The third-order valence-corrected chi connectivity index (χ3v) is 3.25. The SMILES string of the molecule is COCCNC(=O)c1ccc(OCc2ccccc2)c(OC)c1. The second-order valence-corrected chi connectivity index (χ2v) is 4.89. The van der Waals surface area contributed by atoms with Gasteiger partial charge in [0.25, 0.3) is 5.91 Å². The molecule has 0 aliphatic heterocycles. The Kier molecular flexibility index (Phi) is 6.44. The summed E-state index contributed by atoms with van der Waals surface area (Å²) >= 11 is 0. The Morgan fingerprint density at radius 2 is 1.83 bits per heavy atom. The lowest BCUT2D eigenvalue weighted by Gasteiger charge is -2.12. The maximum absolute atomic E-state index is 12.0. The molecular weight excluding hydrogens is 294 g/mol. The van der Waals surface area contributed by atoms with Gasteiger partial charge >= 0.3 is 0 Å². The fraction of sp³-hybridized carbons (Fsp3) is 0.278. The largest absolute Gasteiger partial charge is 0.493 e. The van der Waals surface area contributed by atoms with E-state index < -0.39 is 0 Å². The van der Waals surface area contributed by atoms with E-state index in [0.29, 0.717) is 36.8 Å². The molecule has 2 aromatic carbocycles. The second-order valence-electron chi connectivity index (χ2n) is 4.89. The van der Waals surface area contributed by atoms with Gasteiger partial charge in [-0.25, -0.2) is 0 Å². The van der Waals surface area contributed by atoms with Crippen molar-refractivity contribution >= 4 is 5.91 Å². The summed E-state index contributed by atoms with van der Waals surface area (Å²) in [5.41, 5.74) is 1.58. The van der Waals surface area contributed by atoms with Crippen LogP contribution in [0.1, 0.15) is 15.9 Å². The van der Waals surface area contributed by atoms with Gasteiger partial charge in [0.05, 0.1) is 13.7 Å². The van der Waals surface area contributed by atoms with E-state index in [1.807, 2.05) is 30.3 Å². The van der Waals surface area contributed by atoms with Crippen LogP contribution in [0.5, 0.6) is 11.5 Å². The van der Waals surface area contributed by atoms with Crippen LogP contribution in [0.3, 0.4) is 0 Å². The zero-order valence-electron chi connectivity index (χ0n) is 13.4. The maximum Gasteiger partial charge on any atom is 0.251 e. The first-order valence-corrected chi connectivity index (χ1v) is 7.36. The molecule has 2 rings (SSSR count). The standard InChI is InChI=1S/C18H21NO4/c1-21-11-10-19-18(20)15-8-9-16(17(12-15)22-2)23-13-14-6-4-3-5-7-14/h3-9,12H,10-11,13H2,1-2H3,(H,19,20). The molecule has 0 aromatic heterocycles. The molecule has 0 saturated carbocycles. The highest BCUT2D eigenvalue weighted by Gasteiger charge is 2.11. The van der Waals surface area contributed by atoms with E-state index in [-0.39, 0.29) is 5.91 Å². The number of methoxy groups -OCH3 is 2. The summed E-state index contributed by atoms with van der Waals surface area (Å²) in [4.78, 5) is 12.0. The lowest BCUT2D eigenvalue weighted by molar-refractivity contribution is 0.0936. The van der Waals surface area contributed by atoms with Crippen LogP contribution in [0.15, 0.2) is 48.5 Å². The maximum atomic E-state index is 12.0. The van der Waals surface area contributed by atoms with Gasteiger partial charge in [0.1, 0.15) is 6.61 Å². The Labute approximate surface area is 136 Å². The van der Waals surface area contributed by atoms with E-state index in [2.05, 4.69) is 5.32 Å². The minimum absolute atomic E-state index is 0.171. The topological polar surface area (TPSA) is 56.8 Å². The van der Waals surface area contributed by atoms with E-state index in [1.165, 1.54) is 0 Å². The number of hydrogen-bond donors (Lipinski definition) is 1. The Bertz CT molecular complexity index is 628. The number of carbonyl (C=O) groups excluding carboxylic acids is 1. The number of benzene rings is 2. The van der Waals surface area contributed by atoms with Gasteiger partial charge in [-0.05, 0) is 23.8 Å². The summed E-state index contributed by atoms with van der Waals surface area (Å²) in [5.74, 6) is 0.958. The molecule has 0 aliphatic rings. The van der Waals surface area contributed by atoms with Crippen molar-refractivity contribution in [3.63, 3.8) is 0 Å². The molecule has 5 heteroatoms. The third kappa shape index (κ3) is 5.00. The van der Waals surface area contributed by atoms with Gasteiger partial charge in [-0.2, -0.15) is 0 Å². The molecule has 1 N–H and O–H groups in total. The van der Waals surface area contributed by atoms with Crippen LogP contribution in [0, 0.1) is 0 Å². The molecule has 0 heterocycles. The van der Waals surface area contributed by atoms with E-state index in [1.54, 1.807) is 32.4 Å². The lowest BCUT2D eigenvalue weighted by atomic mass is 10.2. The first-order chi connectivity index (χ1) is 11.2. The van der Waals surface area contributed by atoms with E-state index in [9.17, 15) is 4.79 Å². The van der Waals surface area contributed by atoms with E-state index in [4.69, 9.17) is 14.2 Å². The molecule has 0 aliphatic carbocycles. The zero-order valence-corrected chi connectivity index (χ0v) is 13.4. The average Bonchev–Trinajstić information content (AvgIpc) is 2.60. The highest BCUT2D eigenvalue weighted by Crippen LogP contribution is 2.28. The van der Waals surface area contributed by atoms with Crippen LogP contribution < -0.4 is 14.8 Å². The van der Waals surface area contributed by atoms with Crippen molar-refractivity contribution in [2.75, 3.05) is 27.4 Å². The van der Waals surface area contributed by atoms with Crippen LogP contribution >= 0.6 is 0 Å². The Morgan fingerprint density at radius 3 is 2.52 bits per heavy atom. The van der Waals surface area contributed by atoms with Crippen LogP contribution in [0.2, 0.25) is 0 Å². The number of carbonyl (C=O) groups is 1. The van der Waals surface area contributed by atoms with E-state index in [0.717, 1.165) is 5.56 Å². The first-order valence-electron chi connectivity index (χ1n) is 7.36. The minimum atomic E-state index is -0.171. The molecule has 0 saturated heterocycles. The Hall–Kier alpha value is -2.53. The first kappa shape index (κ1) is 16.8. The Balaban J connectivity index is 2.02. The molecule has 0 radical (unpaired) electrons. The molecule has 0 unspecified atom stereocenters. The van der Waals surface area contributed by atoms with Crippen LogP contribution in [0.4, 0.5) is 0 Å². The third-order valence-electron chi connectivity index (χ3n) is 3.25. The molecule has 0 bridgehead atoms. The summed E-state index contributed by atoms with van der Waals surface area (Å²) in [6.45, 7) is 1.38. The fourth-order valence-electron chi connectivity index (χ4n) is 2.03. The normalized spacial score (nSPS) is 10.2. The summed E-state index contributed by atoms with van der Waals surface area (Å²) in [5, 5.41) is 2.77. The van der Waals surface area contributed by atoms with Gasteiger partial charge in [0.15, 0.2) is 11.5 Å². The smallest absolute Gasteiger partial charge is 0.251 e. The molecular formula is C18H21NO4. The molecule has 0 fully saturated rings. The Morgan fingerprint density at radius 1 is 1.04 bits per heavy atom. The quantitative estimate of drug-likeness (QED) is 0.761. The summed E-state index contributed by atoms with van der Waals surface area (Å²) in [6, 6.07) is 15.0. The van der Waals surface area contributed by atoms with Crippen molar-refractivity contribution < 1.29 is 19.0 Å². The molecule has 0 spiro atoms. The number of rotatable bonds is 8. The van der Waals surface area contributed by atoms with Crippen molar-refractivity contribution in [2.24, 2.45) is 0 Å². The average molecular weight is 315 g/mol. The number of nitrogens with one attached hydrogen (secondary N) is 1. The summed E-state index contributed by atoms with van der Waals surface area (Å²) < 4.78 is 16.0. The lowest BCUT2D eigenvalue weighted by Crippen LogP contribution is -2.26. The van der Waals surface area contributed by atoms with Crippen LogP contribution in [0.25, 0.3) is 0 Å². The number of amides is 1. The van der Waals surface area contributed by atoms with Crippen molar-refractivity contribution in [3.05, 3.63) is 59.7 Å². The van der Waals surface area contributed by atoms with Gasteiger partial charge in [-0.1, -0.05) is 30.3 Å². The zero-order chi connectivity index (χ0) is 16.5. The van der Waals surface area contributed by atoms with Crippen molar-refractivity contribution in [3.8, 4) is 11.5 Å². The fourth-order valence-corrected chi connectivity index (χ4v) is 2.03. The van der Waals surface area contributed by atoms with Gasteiger partial charge in [-0.3, -0.25) is 4.79 Å². The summed E-state index contributed by atoms with van der Waals surface area (Å²) in [7, 11) is 3.14. The minimum Gasteiger partial charge on any atom is -0.493 e. The molecule has 2 aromatic rings. The van der Waals surface area contributed by atoms with Crippen LogP contribution in [-0.4, -0.2) is 33.3 Å². The van der Waals surface area contributed by atoms with Gasteiger partial charge in [0.2, 0.25) is 0 Å². The number of ether oxygens (including phenoxy) is 3. The predicted molar refractivity (Wildman–Crippen MR) is 88.0 cm³/mol. The van der Waals surface area contributed by atoms with Gasteiger partial charge in [0, 0.05) is 19.2 Å².